The molecule has 17 heavy (non-hydrogen) atoms. The Labute approximate surface area is 97.4 Å². The van der Waals surface area contributed by atoms with Crippen LogP contribution in [0.5, 0.6) is 5.75 Å². The monoisotopic (exact) mass is 235 g/mol. The number of carboxylic acids is 1. The van der Waals surface area contributed by atoms with Crippen molar-refractivity contribution in [3.8, 4) is 5.75 Å². The number of para-hydroxylation sites is 1. The van der Waals surface area contributed by atoms with E-state index in [0.717, 1.165) is 0 Å². The SMILES string of the molecule is O=CN[C@H]1Cc2cccc(C(=O)O)c2OB1O. The number of carboxylic acid groups (broad SMARTS) is 1. The number of nitrogens with one attached hydrogen (secondary N) is 1. The third-order valence-electron chi connectivity index (χ3n) is 2.63. The molecule has 1 heterocycles. The van der Waals surface area contributed by atoms with E-state index in [1.54, 1.807) is 12.1 Å². The molecule has 0 aliphatic carbocycles. The fourth-order valence-electron chi connectivity index (χ4n) is 1.82. The van der Waals surface area contributed by atoms with Gasteiger partial charge in [0.1, 0.15) is 5.75 Å². The molecule has 0 radical (unpaired) electrons. The number of aromatic carboxylic acids is 1. The number of hydrogen-bond donors (Lipinski definition) is 3. The van der Waals surface area contributed by atoms with Gasteiger partial charge in [-0.1, -0.05) is 12.1 Å². The lowest BCUT2D eigenvalue weighted by atomic mass is 9.72. The number of hydrogen-bond acceptors (Lipinski definition) is 4. The smallest absolute Gasteiger partial charge is 0.534 e. The van der Waals surface area contributed by atoms with E-state index < -0.39 is 19.0 Å². The predicted octanol–water partition coefficient (Wildman–Crippen LogP) is -0.546. The Bertz CT molecular complexity index is 464. The van der Waals surface area contributed by atoms with Gasteiger partial charge < -0.3 is 20.1 Å². The van der Waals surface area contributed by atoms with E-state index in [-0.39, 0.29) is 11.3 Å². The summed E-state index contributed by atoms with van der Waals surface area (Å²) in [6.07, 6.45) is 0.805. The minimum absolute atomic E-state index is 0.00565. The zero-order valence-electron chi connectivity index (χ0n) is 8.79. The van der Waals surface area contributed by atoms with Gasteiger partial charge in [-0.25, -0.2) is 4.79 Å². The van der Waals surface area contributed by atoms with Gasteiger partial charge in [0, 0.05) is 0 Å². The van der Waals surface area contributed by atoms with Crippen LogP contribution in [0.25, 0.3) is 0 Å². The summed E-state index contributed by atoms with van der Waals surface area (Å²) in [4.78, 5) is 21.3. The second-order valence-corrected chi connectivity index (χ2v) is 3.70. The zero-order chi connectivity index (χ0) is 12.4. The Hall–Kier alpha value is -2.02. The minimum atomic E-state index is -1.24. The van der Waals surface area contributed by atoms with Gasteiger partial charge >= 0.3 is 13.1 Å². The normalized spacial score (nSPS) is 17.9. The van der Waals surface area contributed by atoms with Gasteiger partial charge in [-0.2, -0.15) is 0 Å². The van der Waals surface area contributed by atoms with E-state index in [1.165, 1.54) is 6.07 Å². The lowest BCUT2D eigenvalue weighted by Gasteiger charge is -2.27. The number of rotatable bonds is 3. The molecule has 0 aromatic heterocycles. The fourth-order valence-corrected chi connectivity index (χ4v) is 1.82. The van der Waals surface area contributed by atoms with Crippen molar-refractivity contribution in [3.63, 3.8) is 0 Å². The Balaban J connectivity index is 2.37. The summed E-state index contributed by atoms with van der Waals surface area (Å²) >= 11 is 0. The molecule has 0 unspecified atom stereocenters. The first-order chi connectivity index (χ1) is 8.13. The van der Waals surface area contributed by atoms with Gasteiger partial charge in [-0.3, -0.25) is 4.79 Å². The van der Waals surface area contributed by atoms with Gasteiger partial charge in [0.15, 0.2) is 0 Å². The number of amides is 1. The summed E-state index contributed by atoms with van der Waals surface area (Å²) in [7, 11) is -1.24. The van der Waals surface area contributed by atoms with Crippen LogP contribution in [-0.2, 0) is 11.2 Å². The molecule has 1 atom stereocenters. The van der Waals surface area contributed by atoms with Gasteiger partial charge in [0.2, 0.25) is 6.41 Å². The molecule has 3 N–H and O–H groups in total. The number of benzene rings is 1. The van der Waals surface area contributed by atoms with Crippen molar-refractivity contribution >= 4 is 19.5 Å². The second kappa shape index (κ2) is 4.46. The van der Waals surface area contributed by atoms with Crippen LogP contribution in [0, 0.1) is 0 Å². The van der Waals surface area contributed by atoms with E-state index in [0.29, 0.717) is 18.4 Å². The summed E-state index contributed by atoms with van der Waals surface area (Å²) in [5.74, 6) is -1.52. The summed E-state index contributed by atoms with van der Waals surface area (Å²) in [5.41, 5.74) is 0.653. The van der Waals surface area contributed by atoms with Crippen LogP contribution in [-0.4, -0.2) is 35.6 Å². The van der Waals surface area contributed by atoms with E-state index in [9.17, 15) is 14.6 Å². The quantitative estimate of drug-likeness (QED) is 0.482. The summed E-state index contributed by atoms with van der Waals surface area (Å²) in [6.45, 7) is 0. The molecule has 1 aliphatic heterocycles. The summed E-state index contributed by atoms with van der Waals surface area (Å²) in [6, 6.07) is 4.70. The molecule has 88 valence electrons. The van der Waals surface area contributed by atoms with Crippen LogP contribution in [0.2, 0.25) is 0 Å². The third kappa shape index (κ3) is 2.09. The second-order valence-electron chi connectivity index (χ2n) is 3.70. The molecule has 6 nitrogen and oxygen atoms in total. The van der Waals surface area contributed by atoms with Crippen LogP contribution in [0.4, 0.5) is 0 Å². The minimum Gasteiger partial charge on any atom is -0.534 e. The maximum Gasteiger partial charge on any atom is 0.547 e. The highest BCUT2D eigenvalue weighted by atomic mass is 16.5. The van der Waals surface area contributed by atoms with Crippen LogP contribution in [0.3, 0.4) is 0 Å². The highest BCUT2D eigenvalue weighted by molar-refractivity contribution is 6.46. The first-order valence-electron chi connectivity index (χ1n) is 5.03. The topological polar surface area (TPSA) is 95.9 Å². The van der Waals surface area contributed by atoms with E-state index in [1.807, 2.05) is 0 Å². The Morgan fingerprint density at radius 1 is 1.59 bits per heavy atom. The van der Waals surface area contributed by atoms with Gasteiger partial charge in [-0.05, 0) is 18.1 Å². The molecule has 0 spiro atoms. The van der Waals surface area contributed by atoms with Gasteiger partial charge in [0.25, 0.3) is 0 Å². The maximum atomic E-state index is 11.0. The molecule has 1 aromatic carbocycles. The predicted molar refractivity (Wildman–Crippen MR) is 58.7 cm³/mol. The molecule has 0 saturated heterocycles. The standard InChI is InChI=1S/C10H10BNO5/c13-5-12-8-4-6-2-1-3-7(10(14)15)9(6)17-11(8)16/h1-3,5,8,16H,4H2,(H,12,13)(H,14,15)/t8-/m0/s1. The van der Waals surface area contributed by atoms with Crippen LogP contribution in [0.1, 0.15) is 15.9 Å². The summed E-state index contributed by atoms with van der Waals surface area (Å²) in [5, 5.41) is 21.0. The van der Waals surface area contributed by atoms with Gasteiger partial charge in [-0.15, -0.1) is 0 Å². The van der Waals surface area contributed by atoms with Crippen molar-refractivity contribution in [1.82, 2.24) is 5.32 Å². The van der Waals surface area contributed by atoms with Crippen LogP contribution < -0.4 is 9.97 Å². The largest absolute Gasteiger partial charge is 0.547 e. The third-order valence-corrected chi connectivity index (χ3v) is 2.63. The molecular weight excluding hydrogens is 225 g/mol. The van der Waals surface area contributed by atoms with Crippen molar-refractivity contribution < 1.29 is 24.4 Å². The molecule has 0 fully saturated rings. The van der Waals surface area contributed by atoms with E-state index >= 15 is 0 Å². The highest BCUT2D eigenvalue weighted by Gasteiger charge is 2.36. The van der Waals surface area contributed by atoms with Crippen molar-refractivity contribution in [3.05, 3.63) is 29.3 Å². The van der Waals surface area contributed by atoms with E-state index in [2.05, 4.69) is 5.32 Å². The zero-order valence-corrected chi connectivity index (χ0v) is 8.79. The average molecular weight is 235 g/mol. The Kier molecular flexibility index (Phi) is 3.01. The van der Waals surface area contributed by atoms with Crippen LogP contribution >= 0.6 is 0 Å². The van der Waals surface area contributed by atoms with Gasteiger partial charge in [0.05, 0.1) is 11.5 Å². The molecule has 1 aromatic rings. The Morgan fingerprint density at radius 2 is 2.35 bits per heavy atom. The molecule has 0 saturated carbocycles. The molecule has 7 heteroatoms. The molecule has 2 rings (SSSR count). The van der Waals surface area contributed by atoms with Crippen molar-refractivity contribution in [2.75, 3.05) is 0 Å². The fraction of sp³-hybridized carbons (Fsp3) is 0.200. The lowest BCUT2D eigenvalue weighted by molar-refractivity contribution is -0.109. The molecule has 1 aliphatic rings. The lowest BCUT2D eigenvalue weighted by Crippen LogP contribution is -2.50. The highest BCUT2D eigenvalue weighted by Crippen LogP contribution is 2.29. The van der Waals surface area contributed by atoms with Crippen molar-refractivity contribution in [2.24, 2.45) is 0 Å². The summed E-state index contributed by atoms with van der Waals surface area (Å²) < 4.78 is 5.14. The van der Waals surface area contributed by atoms with Crippen LogP contribution in [0.15, 0.2) is 18.2 Å². The number of fused-ring (bicyclic) bond motifs is 1. The molecule has 1 amide bonds. The molecular formula is C10H10BNO5. The Morgan fingerprint density at radius 3 is 3.00 bits per heavy atom. The number of carbonyl (C=O) groups excluding carboxylic acids is 1. The van der Waals surface area contributed by atoms with Crippen molar-refractivity contribution in [2.45, 2.75) is 12.4 Å². The average Bonchev–Trinajstić information content (AvgIpc) is 2.29. The molecule has 0 bridgehead atoms. The number of carbonyl (C=O) groups is 2. The first-order valence-corrected chi connectivity index (χ1v) is 5.03. The van der Waals surface area contributed by atoms with E-state index in [4.69, 9.17) is 9.76 Å². The van der Waals surface area contributed by atoms with Crippen molar-refractivity contribution in [1.29, 1.82) is 0 Å². The first kappa shape index (κ1) is 11.5. The maximum absolute atomic E-state index is 11.0.